The first kappa shape index (κ1) is 13.2. The molecule has 0 aromatic heterocycles. The third-order valence-electron chi connectivity index (χ3n) is 2.68. The zero-order valence-corrected chi connectivity index (χ0v) is 10.8. The Labute approximate surface area is 98.9 Å². The predicted octanol–water partition coefficient (Wildman–Crippen LogP) is 2.24. The maximum absolute atomic E-state index is 9.70. The summed E-state index contributed by atoms with van der Waals surface area (Å²) >= 11 is 0. The van der Waals surface area contributed by atoms with Crippen molar-refractivity contribution in [3.05, 3.63) is 35.4 Å². The van der Waals surface area contributed by atoms with Crippen LogP contribution in [0.2, 0.25) is 0 Å². The summed E-state index contributed by atoms with van der Waals surface area (Å²) in [7, 11) is 2.05. The Morgan fingerprint density at radius 3 is 2.44 bits per heavy atom. The Morgan fingerprint density at radius 1 is 1.25 bits per heavy atom. The summed E-state index contributed by atoms with van der Waals surface area (Å²) in [5, 5.41) is 9.70. The van der Waals surface area contributed by atoms with Gasteiger partial charge in [-0.1, -0.05) is 24.3 Å². The molecule has 0 unspecified atom stereocenters. The van der Waals surface area contributed by atoms with Gasteiger partial charge in [0, 0.05) is 13.1 Å². The van der Waals surface area contributed by atoms with Crippen LogP contribution in [0.25, 0.3) is 0 Å². The van der Waals surface area contributed by atoms with Gasteiger partial charge in [-0.15, -0.1) is 0 Å². The lowest BCUT2D eigenvalue weighted by atomic mass is 10.1. The van der Waals surface area contributed by atoms with Crippen LogP contribution in [0.15, 0.2) is 24.3 Å². The first-order chi connectivity index (χ1) is 7.38. The van der Waals surface area contributed by atoms with Crippen LogP contribution in [0.4, 0.5) is 0 Å². The van der Waals surface area contributed by atoms with Crippen molar-refractivity contribution in [2.75, 3.05) is 20.1 Å². The van der Waals surface area contributed by atoms with E-state index in [1.54, 1.807) is 0 Å². The lowest BCUT2D eigenvalue weighted by Crippen LogP contribution is -2.37. The van der Waals surface area contributed by atoms with Crippen LogP contribution >= 0.6 is 0 Å². The van der Waals surface area contributed by atoms with E-state index < -0.39 is 5.60 Å². The number of aliphatic hydroxyl groups is 1. The van der Waals surface area contributed by atoms with E-state index in [1.165, 1.54) is 11.1 Å². The molecule has 1 aromatic rings. The quantitative estimate of drug-likeness (QED) is 0.824. The Morgan fingerprint density at radius 2 is 1.88 bits per heavy atom. The molecule has 0 aliphatic carbocycles. The molecule has 1 N–H and O–H groups in total. The Kier molecular flexibility index (Phi) is 4.51. The van der Waals surface area contributed by atoms with E-state index in [0.717, 1.165) is 13.0 Å². The zero-order valence-electron chi connectivity index (χ0n) is 10.8. The van der Waals surface area contributed by atoms with Gasteiger partial charge in [0.25, 0.3) is 0 Å². The van der Waals surface area contributed by atoms with Crippen LogP contribution < -0.4 is 0 Å². The summed E-state index contributed by atoms with van der Waals surface area (Å²) in [6, 6.07) is 8.47. The maximum Gasteiger partial charge on any atom is 0.0718 e. The minimum absolute atomic E-state index is 0.611. The van der Waals surface area contributed by atoms with Crippen LogP contribution in [-0.2, 0) is 6.42 Å². The highest BCUT2D eigenvalue weighted by Crippen LogP contribution is 2.09. The summed E-state index contributed by atoms with van der Waals surface area (Å²) in [5.74, 6) is 0. The number of aryl methyl sites for hydroxylation is 1. The second-order valence-electron chi connectivity index (χ2n) is 5.23. The maximum atomic E-state index is 9.70. The number of benzene rings is 1. The normalized spacial score (nSPS) is 12.1. The van der Waals surface area contributed by atoms with Crippen molar-refractivity contribution in [2.45, 2.75) is 32.8 Å². The molecule has 90 valence electrons. The molecule has 2 nitrogen and oxygen atoms in total. The monoisotopic (exact) mass is 221 g/mol. The van der Waals surface area contributed by atoms with Crippen LogP contribution in [0.5, 0.6) is 0 Å². The topological polar surface area (TPSA) is 23.5 Å². The van der Waals surface area contributed by atoms with Crippen molar-refractivity contribution in [3.8, 4) is 0 Å². The highest BCUT2D eigenvalue weighted by atomic mass is 16.3. The Bertz CT molecular complexity index is 328. The van der Waals surface area contributed by atoms with E-state index in [9.17, 15) is 5.11 Å². The lowest BCUT2D eigenvalue weighted by molar-refractivity contribution is 0.0450. The van der Waals surface area contributed by atoms with Crippen molar-refractivity contribution in [2.24, 2.45) is 0 Å². The van der Waals surface area contributed by atoms with Crippen LogP contribution in [0.3, 0.4) is 0 Å². The Balaban J connectivity index is 2.43. The summed E-state index contributed by atoms with van der Waals surface area (Å²) in [5.41, 5.74) is 2.13. The van der Waals surface area contributed by atoms with Gasteiger partial charge < -0.3 is 10.0 Å². The highest BCUT2D eigenvalue weighted by Gasteiger charge is 2.15. The number of nitrogens with zero attached hydrogens (tertiary/aromatic N) is 1. The van der Waals surface area contributed by atoms with Gasteiger partial charge >= 0.3 is 0 Å². The molecule has 0 aliphatic heterocycles. The largest absolute Gasteiger partial charge is 0.389 e. The first-order valence-corrected chi connectivity index (χ1v) is 5.84. The van der Waals surface area contributed by atoms with Gasteiger partial charge in [0.05, 0.1) is 5.60 Å². The van der Waals surface area contributed by atoms with Crippen LogP contribution in [-0.4, -0.2) is 35.7 Å². The molecule has 0 amide bonds. The third kappa shape index (κ3) is 4.77. The smallest absolute Gasteiger partial charge is 0.0718 e. The summed E-state index contributed by atoms with van der Waals surface area (Å²) in [6.45, 7) is 7.52. The highest BCUT2D eigenvalue weighted by molar-refractivity contribution is 5.25. The van der Waals surface area contributed by atoms with Crippen molar-refractivity contribution >= 4 is 0 Å². The van der Waals surface area contributed by atoms with E-state index >= 15 is 0 Å². The molecule has 16 heavy (non-hydrogen) atoms. The van der Waals surface area contributed by atoms with Crippen molar-refractivity contribution < 1.29 is 5.11 Å². The van der Waals surface area contributed by atoms with Crippen molar-refractivity contribution in [1.82, 2.24) is 4.90 Å². The standard InChI is InChI=1S/C14H23NO/c1-12-7-5-6-8-13(12)9-10-15(4)11-14(2,3)16/h5-8,16H,9-11H2,1-4H3. The minimum Gasteiger partial charge on any atom is -0.389 e. The van der Waals surface area contributed by atoms with Crippen molar-refractivity contribution in [1.29, 1.82) is 0 Å². The third-order valence-corrected chi connectivity index (χ3v) is 2.68. The average molecular weight is 221 g/mol. The number of hydrogen-bond donors (Lipinski definition) is 1. The molecule has 0 heterocycles. The SMILES string of the molecule is Cc1ccccc1CCN(C)CC(C)(C)O. The fraction of sp³-hybridized carbons (Fsp3) is 0.571. The molecule has 0 aliphatic rings. The summed E-state index contributed by atoms with van der Waals surface area (Å²) in [4.78, 5) is 2.17. The fourth-order valence-electron chi connectivity index (χ4n) is 1.94. The van der Waals surface area contributed by atoms with E-state index in [-0.39, 0.29) is 0 Å². The van der Waals surface area contributed by atoms with Gasteiger partial charge in [0.15, 0.2) is 0 Å². The molecule has 2 heteroatoms. The summed E-state index contributed by atoms with van der Waals surface area (Å²) < 4.78 is 0. The molecule has 0 radical (unpaired) electrons. The van der Waals surface area contributed by atoms with Gasteiger partial charge in [-0.05, 0) is 45.4 Å². The van der Waals surface area contributed by atoms with E-state index in [4.69, 9.17) is 0 Å². The van der Waals surface area contributed by atoms with Gasteiger partial charge in [-0.2, -0.15) is 0 Å². The van der Waals surface area contributed by atoms with Gasteiger partial charge in [-0.25, -0.2) is 0 Å². The average Bonchev–Trinajstić information content (AvgIpc) is 2.14. The van der Waals surface area contributed by atoms with Crippen LogP contribution in [0, 0.1) is 6.92 Å². The van der Waals surface area contributed by atoms with Gasteiger partial charge in [0.2, 0.25) is 0 Å². The molecule has 1 aromatic carbocycles. The Hall–Kier alpha value is -0.860. The molecule has 0 saturated carbocycles. The van der Waals surface area contributed by atoms with Crippen LogP contribution in [0.1, 0.15) is 25.0 Å². The molecule has 0 spiro atoms. The number of hydrogen-bond acceptors (Lipinski definition) is 2. The number of likely N-dealkylation sites (N-methyl/N-ethyl adjacent to an activating group) is 1. The number of rotatable bonds is 5. The van der Waals surface area contributed by atoms with Gasteiger partial charge in [-0.3, -0.25) is 0 Å². The van der Waals surface area contributed by atoms with E-state index in [2.05, 4.69) is 43.1 Å². The minimum atomic E-state index is -0.611. The summed E-state index contributed by atoms with van der Waals surface area (Å²) in [6.07, 6.45) is 1.04. The first-order valence-electron chi connectivity index (χ1n) is 5.84. The molecule has 0 atom stereocenters. The molecular formula is C14H23NO. The second kappa shape index (κ2) is 5.46. The molecule has 0 saturated heterocycles. The van der Waals surface area contributed by atoms with E-state index in [0.29, 0.717) is 6.54 Å². The lowest BCUT2D eigenvalue weighted by Gasteiger charge is -2.25. The van der Waals surface area contributed by atoms with Gasteiger partial charge in [0.1, 0.15) is 0 Å². The molecule has 0 fully saturated rings. The fourth-order valence-corrected chi connectivity index (χ4v) is 1.94. The molecule has 0 bridgehead atoms. The predicted molar refractivity (Wildman–Crippen MR) is 68.7 cm³/mol. The zero-order chi connectivity index (χ0) is 12.2. The van der Waals surface area contributed by atoms with Crippen molar-refractivity contribution in [3.63, 3.8) is 0 Å². The van der Waals surface area contributed by atoms with E-state index in [1.807, 2.05) is 13.8 Å². The second-order valence-corrected chi connectivity index (χ2v) is 5.23. The molecule has 1 rings (SSSR count). The molecular weight excluding hydrogens is 198 g/mol.